The smallest absolute Gasteiger partial charge is 0.268 e. The monoisotopic (exact) mass is 420 g/mol. The number of nitrogens with zero attached hydrogens (tertiary/aromatic N) is 4. The Morgan fingerprint density at radius 1 is 1.23 bits per heavy atom. The normalized spacial score (nSPS) is 18.9. The molecule has 3 aromatic rings. The van der Waals surface area contributed by atoms with Crippen molar-refractivity contribution >= 4 is 28.2 Å². The van der Waals surface area contributed by atoms with Crippen molar-refractivity contribution in [2.45, 2.75) is 25.5 Å². The zero-order chi connectivity index (χ0) is 21.5. The highest BCUT2D eigenvalue weighted by Crippen LogP contribution is 2.43. The van der Waals surface area contributed by atoms with Crippen LogP contribution in [0, 0.1) is 0 Å². The fourth-order valence-electron chi connectivity index (χ4n) is 4.40. The van der Waals surface area contributed by atoms with Crippen molar-refractivity contribution in [3.63, 3.8) is 0 Å². The quantitative estimate of drug-likeness (QED) is 0.669. The van der Waals surface area contributed by atoms with Gasteiger partial charge in [-0.05, 0) is 43.5 Å². The first-order chi connectivity index (χ1) is 15.0. The molecular formula is C22H24N6O3. The summed E-state index contributed by atoms with van der Waals surface area (Å²) in [4.78, 5) is 31.6. The number of piperidine rings is 1. The molecule has 2 aliphatic heterocycles. The number of nitrogens with one attached hydrogen (secondary N) is 1. The molecule has 3 N–H and O–H groups in total. The summed E-state index contributed by atoms with van der Waals surface area (Å²) < 4.78 is 7.59. The van der Waals surface area contributed by atoms with E-state index in [1.807, 2.05) is 25.4 Å². The van der Waals surface area contributed by atoms with Crippen LogP contribution in [0.2, 0.25) is 0 Å². The van der Waals surface area contributed by atoms with Crippen molar-refractivity contribution in [2.75, 3.05) is 22.9 Å². The summed E-state index contributed by atoms with van der Waals surface area (Å²) in [6.45, 7) is 1.82. The third-order valence-corrected chi connectivity index (χ3v) is 5.84. The molecule has 1 unspecified atom stereocenters. The number of amides is 1. The highest BCUT2D eigenvalue weighted by atomic mass is 16.5. The lowest BCUT2D eigenvalue weighted by Crippen LogP contribution is -2.36. The Bertz CT molecular complexity index is 1240. The molecule has 9 heteroatoms. The number of primary amides is 1. The second kappa shape index (κ2) is 7.50. The molecule has 9 nitrogen and oxygen atoms in total. The Balaban J connectivity index is 1.71. The predicted molar refractivity (Wildman–Crippen MR) is 117 cm³/mol. The molecule has 1 amide bonds. The molecule has 2 aromatic heterocycles. The van der Waals surface area contributed by atoms with Crippen LogP contribution in [0.4, 0.5) is 11.4 Å². The van der Waals surface area contributed by atoms with Gasteiger partial charge in [-0.15, -0.1) is 0 Å². The highest BCUT2D eigenvalue weighted by Gasteiger charge is 2.37. The number of pyridine rings is 1. The van der Waals surface area contributed by atoms with Crippen LogP contribution in [-0.4, -0.2) is 33.8 Å². The van der Waals surface area contributed by atoms with Gasteiger partial charge in [-0.3, -0.25) is 19.2 Å². The molecular weight excluding hydrogens is 396 g/mol. The largest absolute Gasteiger partial charge is 0.471 e. The van der Waals surface area contributed by atoms with E-state index in [2.05, 4.69) is 15.0 Å². The number of ether oxygens (including phenoxy) is 1. The average molecular weight is 420 g/mol. The number of aryl methyl sites for hydroxylation is 1. The average Bonchev–Trinajstić information content (AvgIpc) is 3.36. The minimum absolute atomic E-state index is 0.203. The van der Waals surface area contributed by atoms with Crippen LogP contribution in [0.25, 0.3) is 10.9 Å². The number of H-pyrrole nitrogens is 1. The summed E-state index contributed by atoms with van der Waals surface area (Å²) in [6, 6.07) is 7.45. The van der Waals surface area contributed by atoms with Crippen LogP contribution < -0.4 is 21.1 Å². The Morgan fingerprint density at radius 3 is 2.77 bits per heavy atom. The van der Waals surface area contributed by atoms with Crippen LogP contribution in [0.3, 0.4) is 0 Å². The molecule has 1 saturated heterocycles. The van der Waals surface area contributed by atoms with Gasteiger partial charge in [0.05, 0.1) is 22.5 Å². The summed E-state index contributed by atoms with van der Waals surface area (Å²) in [5.74, 6) is -0.620. The number of aromatic nitrogens is 3. The minimum atomic E-state index is -0.801. The number of hydrogen-bond acceptors (Lipinski definition) is 6. The summed E-state index contributed by atoms with van der Waals surface area (Å²) in [7, 11) is 1.88. The third kappa shape index (κ3) is 3.31. The second-order valence-electron chi connectivity index (χ2n) is 7.93. The van der Waals surface area contributed by atoms with Crippen molar-refractivity contribution < 1.29 is 9.53 Å². The van der Waals surface area contributed by atoms with Crippen molar-refractivity contribution in [1.82, 2.24) is 14.8 Å². The number of fused-ring (bicyclic) bond motifs is 1. The summed E-state index contributed by atoms with van der Waals surface area (Å²) in [5, 5.41) is 5.49. The molecule has 0 bridgehead atoms. The lowest BCUT2D eigenvalue weighted by Gasteiger charge is -2.35. The van der Waals surface area contributed by atoms with E-state index in [1.165, 1.54) is 12.7 Å². The Morgan fingerprint density at radius 2 is 2.03 bits per heavy atom. The number of anilines is 2. The van der Waals surface area contributed by atoms with E-state index in [9.17, 15) is 9.59 Å². The maximum atomic E-state index is 12.5. The van der Waals surface area contributed by atoms with Gasteiger partial charge in [0, 0.05) is 37.9 Å². The molecule has 160 valence electrons. The van der Waals surface area contributed by atoms with Crippen molar-refractivity contribution in [3.05, 3.63) is 64.5 Å². The van der Waals surface area contributed by atoms with E-state index < -0.39 is 12.1 Å². The lowest BCUT2D eigenvalue weighted by atomic mass is 10.1. The standard InChI is InChI=1S/C22H24N6O3/c1-26-12-14-10-18(17(11-16(14)25-26)27-8-3-2-4-9-27)28-19(20(23)29)13-31-22(28)15-6-5-7-24-21(15)30/h5-7,10-13,22H,2-4,8-9H2,1H3,(H2,23,29)(H,24,30). The van der Waals surface area contributed by atoms with Crippen LogP contribution >= 0.6 is 0 Å². The summed E-state index contributed by atoms with van der Waals surface area (Å²) >= 11 is 0. The van der Waals surface area contributed by atoms with Gasteiger partial charge in [-0.25, -0.2) is 0 Å². The molecule has 5 rings (SSSR count). The van der Waals surface area contributed by atoms with E-state index in [4.69, 9.17) is 10.5 Å². The van der Waals surface area contributed by atoms with Crippen LogP contribution in [0.15, 0.2) is 53.4 Å². The first-order valence-corrected chi connectivity index (χ1v) is 10.4. The van der Waals surface area contributed by atoms with Crippen molar-refractivity contribution in [2.24, 2.45) is 12.8 Å². The molecule has 1 aromatic carbocycles. The third-order valence-electron chi connectivity index (χ3n) is 5.84. The second-order valence-corrected chi connectivity index (χ2v) is 7.93. The van der Waals surface area contributed by atoms with E-state index in [0.29, 0.717) is 5.56 Å². The van der Waals surface area contributed by atoms with E-state index >= 15 is 0 Å². The molecule has 2 aliphatic rings. The topological polar surface area (TPSA) is 109 Å². The summed E-state index contributed by atoms with van der Waals surface area (Å²) in [5.41, 5.74) is 8.60. The number of nitrogens with two attached hydrogens (primary N) is 1. The predicted octanol–water partition coefficient (Wildman–Crippen LogP) is 2.11. The number of hydrogen-bond donors (Lipinski definition) is 2. The van der Waals surface area contributed by atoms with Crippen LogP contribution in [-0.2, 0) is 16.6 Å². The van der Waals surface area contributed by atoms with Crippen molar-refractivity contribution in [3.8, 4) is 0 Å². The zero-order valence-corrected chi connectivity index (χ0v) is 17.2. The van der Waals surface area contributed by atoms with Gasteiger partial charge in [-0.2, -0.15) is 5.10 Å². The maximum Gasteiger partial charge on any atom is 0.268 e. The molecule has 0 aliphatic carbocycles. The minimum Gasteiger partial charge on any atom is -0.471 e. The van der Waals surface area contributed by atoms with Crippen LogP contribution in [0.1, 0.15) is 31.1 Å². The number of carbonyl (C=O) groups is 1. The number of rotatable bonds is 4. The van der Waals surface area contributed by atoms with Gasteiger partial charge < -0.3 is 20.4 Å². The highest BCUT2D eigenvalue weighted by molar-refractivity contribution is 6.00. The molecule has 0 spiro atoms. The number of carbonyl (C=O) groups excluding carboxylic acids is 1. The molecule has 31 heavy (non-hydrogen) atoms. The van der Waals surface area contributed by atoms with Gasteiger partial charge in [0.2, 0.25) is 6.23 Å². The Labute approximate surface area is 178 Å². The van der Waals surface area contributed by atoms with Crippen molar-refractivity contribution in [1.29, 1.82) is 0 Å². The summed E-state index contributed by atoms with van der Waals surface area (Å²) in [6.07, 6.45) is 7.41. The lowest BCUT2D eigenvalue weighted by molar-refractivity contribution is -0.114. The zero-order valence-electron chi connectivity index (χ0n) is 17.2. The van der Waals surface area contributed by atoms with E-state index in [0.717, 1.165) is 48.2 Å². The molecule has 0 radical (unpaired) electrons. The Hall–Kier alpha value is -3.75. The van der Waals surface area contributed by atoms with Crippen LogP contribution in [0.5, 0.6) is 0 Å². The van der Waals surface area contributed by atoms with Gasteiger partial charge in [0.25, 0.3) is 11.5 Å². The van der Waals surface area contributed by atoms with Gasteiger partial charge >= 0.3 is 0 Å². The van der Waals surface area contributed by atoms with E-state index in [-0.39, 0.29) is 11.3 Å². The fourth-order valence-corrected chi connectivity index (χ4v) is 4.40. The van der Waals surface area contributed by atoms with Gasteiger partial charge in [-0.1, -0.05) is 0 Å². The first-order valence-electron chi connectivity index (χ1n) is 10.4. The fraction of sp³-hybridized carbons (Fsp3) is 0.318. The Kier molecular flexibility index (Phi) is 4.65. The molecule has 0 saturated carbocycles. The molecule has 1 atom stereocenters. The first kappa shape index (κ1) is 19.2. The van der Waals surface area contributed by atoms with Gasteiger partial charge in [0.1, 0.15) is 12.0 Å². The SMILES string of the molecule is Cn1cc2cc(N3C(C(N)=O)=COC3c3ccc[nH]c3=O)c(N3CCCCC3)cc2n1. The number of benzene rings is 1. The maximum absolute atomic E-state index is 12.5. The van der Waals surface area contributed by atoms with Gasteiger partial charge in [0.15, 0.2) is 0 Å². The molecule has 1 fully saturated rings. The number of aromatic amines is 1. The van der Waals surface area contributed by atoms with E-state index in [1.54, 1.807) is 27.9 Å². The molecule has 4 heterocycles.